The smallest absolute Gasteiger partial charge is 0.334 e. The van der Waals surface area contributed by atoms with Gasteiger partial charge in [-0.1, -0.05) is 13.5 Å². The Labute approximate surface area is 80.6 Å². The highest BCUT2D eigenvalue weighted by molar-refractivity contribution is 5.81. The normalized spacial score (nSPS) is 13.5. The number of quaternary nitrogens is 1. The van der Waals surface area contributed by atoms with Crippen LogP contribution in [0.1, 0.15) is 19.8 Å². The van der Waals surface area contributed by atoms with Crippen molar-refractivity contribution < 1.29 is 14.0 Å². The van der Waals surface area contributed by atoms with Crippen molar-refractivity contribution in [3.8, 4) is 0 Å². The maximum atomic E-state index is 11.0. The van der Waals surface area contributed by atoms with E-state index < -0.39 is 0 Å². The van der Waals surface area contributed by atoms with E-state index in [4.69, 9.17) is 4.74 Å². The van der Waals surface area contributed by atoms with E-state index in [0.29, 0.717) is 4.48 Å². The third-order valence-electron chi connectivity index (χ3n) is 1.82. The minimum absolute atomic E-state index is 0.0736. The highest BCUT2D eigenvalue weighted by Gasteiger charge is 2.25. The van der Waals surface area contributed by atoms with Gasteiger partial charge < -0.3 is 4.74 Å². The predicted octanol–water partition coefficient (Wildman–Crippen LogP) is 1.55. The lowest BCUT2D eigenvalue weighted by molar-refractivity contribution is -0.917. The number of ether oxygens (including phenoxy) is 1. The molecule has 0 aromatic rings. The Morgan fingerprint density at radius 1 is 1.54 bits per heavy atom. The fourth-order valence-electron chi connectivity index (χ4n) is 1.03. The molecule has 0 aromatic heterocycles. The minimum atomic E-state index is -0.341. The molecular formula is C10H20NO2+. The molecule has 1 unspecified atom stereocenters. The van der Waals surface area contributed by atoms with Gasteiger partial charge >= 0.3 is 5.97 Å². The fourth-order valence-corrected chi connectivity index (χ4v) is 1.03. The predicted molar refractivity (Wildman–Crippen MR) is 53.0 cm³/mol. The van der Waals surface area contributed by atoms with Crippen LogP contribution in [-0.2, 0) is 9.53 Å². The van der Waals surface area contributed by atoms with E-state index >= 15 is 0 Å². The summed E-state index contributed by atoms with van der Waals surface area (Å²) in [4.78, 5) is 11.0. The summed E-state index contributed by atoms with van der Waals surface area (Å²) in [6.07, 6.45) is 3.02. The molecule has 3 heteroatoms. The zero-order valence-electron chi connectivity index (χ0n) is 9.04. The van der Waals surface area contributed by atoms with Crippen molar-refractivity contribution >= 4 is 5.97 Å². The van der Waals surface area contributed by atoms with Crippen LogP contribution in [0.4, 0.5) is 0 Å². The monoisotopic (exact) mass is 186 g/mol. The van der Waals surface area contributed by atoms with Crippen LogP contribution in [0.5, 0.6) is 0 Å². The molecule has 76 valence electrons. The SMILES string of the molecule is C=CC(=O)OC(CCC)[N+](C)(C)C. The molecule has 0 radical (unpaired) electrons. The molecule has 0 saturated heterocycles. The Hall–Kier alpha value is -0.830. The van der Waals surface area contributed by atoms with E-state index in [-0.39, 0.29) is 12.2 Å². The molecule has 0 saturated carbocycles. The van der Waals surface area contributed by atoms with Gasteiger partial charge in [-0.25, -0.2) is 4.79 Å². The summed E-state index contributed by atoms with van der Waals surface area (Å²) in [6.45, 7) is 5.45. The highest BCUT2D eigenvalue weighted by Crippen LogP contribution is 2.11. The lowest BCUT2D eigenvalue weighted by atomic mass is 10.2. The van der Waals surface area contributed by atoms with Gasteiger partial charge in [-0.3, -0.25) is 4.48 Å². The average Bonchev–Trinajstić information content (AvgIpc) is 2.01. The maximum Gasteiger partial charge on any atom is 0.334 e. The molecule has 0 rings (SSSR count). The molecule has 0 bridgehead atoms. The van der Waals surface area contributed by atoms with E-state index in [1.165, 1.54) is 6.08 Å². The first-order valence-electron chi connectivity index (χ1n) is 4.56. The molecule has 1 atom stereocenters. The second kappa shape index (κ2) is 5.02. The van der Waals surface area contributed by atoms with Crippen LogP contribution < -0.4 is 0 Å². The Morgan fingerprint density at radius 3 is 2.38 bits per heavy atom. The highest BCUT2D eigenvalue weighted by atomic mass is 16.6. The summed E-state index contributed by atoms with van der Waals surface area (Å²) in [7, 11) is 6.03. The molecule has 0 heterocycles. The second-order valence-corrected chi connectivity index (χ2v) is 4.00. The summed E-state index contributed by atoms with van der Waals surface area (Å²) in [5.41, 5.74) is 0. The number of rotatable bonds is 5. The van der Waals surface area contributed by atoms with Crippen LogP contribution in [0, 0.1) is 0 Å². The lowest BCUT2D eigenvalue weighted by Gasteiger charge is -2.32. The van der Waals surface area contributed by atoms with Crippen molar-refractivity contribution in [2.75, 3.05) is 21.1 Å². The van der Waals surface area contributed by atoms with E-state index in [0.717, 1.165) is 12.8 Å². The second-order valence-electron chi connectivity index (χ2n) is 4.00. The Kier molecular flexibility index (Phi) is 4.70. The molecule has 0 aliphatic carbocycles. The van der Waals surface area contributed by atoms with Gasteiger partial charge in [0.2, 0.25) is 6.23 Å². The first-order chi connectivity index (χ1) is 5.91. The van der Waals surface area contributed by atoms with Gasteiger partial charge in [-0.2, -0.15) is 0 Å². The third-order valence-corrected chi connectivity index (χ3v) is 1.82. The van der Waals surface area contributed by atoms with Crippen LogP contribution in [0.25, 0.3) is 0 Å². The van der Waals surface area contributed by atoms with E-state index in [1.807, 2.05) is 21.1 Å². The Balaban J connectivity index is 4.26. The third kappa shape index (κ3) is 4.68. The number of hydrogen-bond donors (Lipinski definition) is 0. The number of carbonyl (C=O) groups is 1. The van der Waals surface area contributed by atoms with Gasteiger partial charge in [0.1, 0.15) is 0 Å². The van der Waals surface area contributed by atoms with E-state index in [1.54, 1.807) is 0 Å². The van der Waals surface area contributed by atoms with Gasteiger partial charge in [-0.05, 0) is 6.42 Å². The van der Waals surface area contributed by atoms with E-state index in [2.05, 4.69) is 13.5 Å². The molecular weight excluding hydrogens is 166 g/mol. The number of hydrogen-bond acceptors (Lipinski definition) is 2. The maximum absolute atomic E-state index is 11.0. The molecule has 0 fully saturated rings. The number of carbonyl (C=O) groups excluding carboxylic acids is 1. The lowest BCUT2D eigenvalue weighted by Crippen LogP contribution is -2.47. The first-order valence-corrected chi connectivity index (χ1v) is 4.56. The van der Waals surface area contributed by atoms with Crippen LogP contribution in [0.2, 0.25) is 0 Å². The first kappa shape index (κ1) is 12.2. The largest absolute Gasteiger partial charge is 0.409 e. The molecule has 3 nitrogen and oxygen atoms in total. The molecule has 0 N–H and O–H groups in total. The molecule has 0 aliphatic rings. The summed E-state index contributed by atoms with van der Waals surface area (Å²) in [6, 6.07) is 0. The van der Waals surface area contributed by atoms with Crippen LogP contribution >= 0.6 is 0 Å². The van der Waals surface area contributed by atoms with Gasteiger partial charge in [0.15, 0.2) is 0 Å². The van der Waals surface area contributed by atoms with Crippen LogP contribution in [-0.4, -0.2) is 37.8 Å². The Morgan fingerprint density at radius 2 is 2.08 bits per heavy atom. The van der Waals surface area contributed by atoms with Crippen molar-refractivity contribution in [1.29, 1.82) is 0 Å². The van der Waals surface area contributed by atoms with Gasteiger partial charge in [0, 0.05) is 12.5 Å². The van der Waals surface area contributed by atoms with Crippen molar-refractivity contribution in [1.82, 2.24) is 0 Å². The molecule has 13 heavy (non-hydrogen) atoms. The van der Waals surface area contributed by atoms with Crippen molar-refractivity contribution in [3.05, 3.63) is 12.7 Å². The van der Waals surface area contributed by atoms with Crippen LogP contribution in [0.15, 0.2) is 12.7 Å². The van der Waals surface area contributed by atoms with Crippen LogP contribution in [0.3, 0.4) is 0 Å². The quantitative estimate of drug-likeness (QED) is 0.282. The van der Waals surface area contributed by atoms with Gasteiger partial charge in [0.05, 0.1) is 21.1 Å². The summed E-state index contributed by atoms with van der Waals surface area (Å²) in [5.74, 6) is -0.341. The van der Waals surface area contributed by atoms with E-state index in [9.17, 15) is 4.79 Å². The Bertz CT molecular complexity index is 182. The summed E-state index contributed by atoms with van der Waals surface area (Å²) in [5, 5.41) is 0. The molecule has 0 aliphatic heterocycles. The molecule has 0 spiro atoms. The van der Waals surface area contributed by atoms with Crippen molar-refractivity contribution in [3.63, 3.8) is 0 Å². The van der Waals surface area contributed by atoms with Gasteiger partial charge in [-0.15, -0.1) is 0 Å². The average molecular weight is 186 g/mol. The standard InChI is InChI=1S/C10H20NO2/c1-6-8-9(11(3,4)5)13-10(12)7-2/h7,9H,2,6,8H2,1,3-5H3/q+1. The fraction of sp³-hybridized carbons (Fsp3) is 0.700. The molecule has 0 aromatic carbocycles. The number of nitrogens with zero attached hydrogens (tertiary/aromatic N) is 1. The zero-order chi connectivity index (χ0) is 10.5. The minimum Gasteiger partial charge on any atom is -0.409 e. The molecule has 0 amide bonds. The summed E-state index contributed by atoms with van der Waals surface area (Å²) < 4.78 is 5.85. The van der Waals surface area contributed by atoms with Crippen molar-refractivity contribution in [2.45, 2.75) is 26.0 Å². The number of esters is 1. The zero-order valence-corrected chi connectivity index (χ0v) is 9.04. The topological polar surface area (TPSA) is 26.3 Å². The van der Waals surface area contributed by atoms with Crippen molar-refractivity contribution in [2.24, 2.45) is 0 Å². The summed E-state index contributed by atoms with van der Waals surface area (Å²) >= 11 is 0. The van der Waals surface area contributed by atoms with Gasteiger partial charge in [0.25, 0.3) is 0 Å².